The Morgan fingerprint density at radius 1 is 1.28 bits per heavy atom. The topological polar surface area (TPSA) is 54.0 Å². The van der Waals surface area contributed by atoms with Crippen LogP contribution in [0.25, 0.3) is 0 Å². The van der Waals surface area contributed by atoms with Crippen LogP contribution < -0.4 is 10.6 Å². The van der Waals surface area contributed by atoms with Crippen LogP contribution in [0, 0.1) is 0 Å². The SMILES string of the molecule is CCCCCCNC(=O)c1cc(NCC)ccn1. The van der Waals surface area contributed by atoms with Crippen LogP contribution in [0.5, 0.6) is 0 Å². The van der Waals surface area contributed by atoms with Crippen molar-refractivity contribution in [3.63, 3.8) is 0 Å². The molecule has 1 amide bonds. The molecule has 2 N–H and O–H groups in total. The van der Waals surface area contributed by atoms with Crippen molar-refractivity contribution < 1.29 is 4.79 Å². The summed E-state index contributed by atoms with van der Waals surface area (Å²) in [7, 11) is 0. The zero-order chi connectivity index (χ0) is 13.2. The Kier molecular flexibility index (Phi) is 6.84. The van der Waals surface area contributed by atoms with Gasteiger partial charge < -0.3 is 10.6 Å². The summed E-state index contributed by atoms with van der Waals surface area (Å²) in [5.41, 5.74) is 1.41. The number of pyridine rings is 1. The molecule has 4 nitrogen and oxygen atoms in total. The highest BCUT2D eigenvalue weighted by atomic mass is 16.1. The van der Waals surface area contributed by atoms with Crippen LogP contribution in [-0.2, 0) is 0 Å². The quantitative estimate of drug-likeness (QED) is 0.697. The lowest BCUT2D eigenvalue weighted by Gasteiger charge is -2.06. The van der Waals surface area contributed by atoms with Crippen molar-refractivity contribution in [1.82, 2.24) is 10.3 Å². The molecular formula is C14H23N3O. The molecule has 1 rings (SSSR count). The normalized spacial score (nSPS) is 10.1. The fourth-order valence-corrected chi connectivity index (χ4v) is 1.71. The lowest BCUT2D eigenvalue weighted by molar-refractivity contribution is 0.0948. The van der Waals surface area contributed by atoms with Gasteiger partial charge in [0.05, 0.1) is 0 Å². The molecule has 1 aromatic rings. The first kappa shape index (κ1) is 14.5. The van der Waals surface area contributed by atoms with E-state index in [9.17, 15) is 4.79 Å². The van der Waals surface area contributed by atoms with Gasteiger partial charge in [0.15, 0.2) is 0 Å². The first-order valence-electron chi connectivity index (χ1n) is 6.76. The number of nitrogens with zero attached hydrogens (tertiary/aromatic N) is 1. The fourth-order valence-electron chi connectivity index (χ4n) is 1.71. The van der Waals surface area contributed by atoms with Crippen molar-refractivity contribution in [3.05, 3.63) is 24.0 Å². The van der Waals surface area contributed by atoms with E-state index in [0.717, 1.165) is 25.2 Å². The van der Waals surface area contributed by atoms with Gasteiger partial charge in [0.25, 0.3) is 5.91 Å². The van der Waals surface area contributed by atoms with E-state index < -0.39 is 0 Å². The molecule has 1 aromatic heterocycles. The van der Waals surface area contributed by atoms with E-state index in [1.807, 2.05) is 13.0 Å². The van der Waals surface area contributed by atoms with Crippen LogP contribution in [-0.4, -0.2) is 24.0 Å². The summed E-state index contributed by atoms with van der Waals surface area (Å²) in [4.78, 5) is 15.9. The number of nitrogens with one attached hydrogen (secondary N) is 2. The van der Waals surface area contributed by atoms with E-state index in [1.165, 1.54) is 19.3 Å². The van der Waals surface area contributed by atoms with Crippen molar-refractivity contribution in [3.8, 4) is 0 Å². The van der Waals surface area contributed by atoms with Crippen molar-refractivity contribution >= 4 is 11.6 Å². The Labute approximate surface area is 109 Å². The first-order valence-corrected chi connectivity index (χ1v) is 6.76. The second kappa shape index (κ2) is 8.50. The Morgan fingerprint density at radius 3 is 2.83 bits per heavy atom. The lowest BCUT2D eigenvalue weighted by atomic mass is 10.2. The zero-order valence-electron chi connectivity index (χ0n) is 11.3. The van der Waals surface area contributed by atoms with E-state index in [4.69, 9.17) is 0 Å². The van der Waals surface area contributed by atoms with Crippen LogP contribution in [0.15, 0.2) is 18.3 Å². The third kappa shape index (κ3) is 5.17. The average molecular weight is 249 g/mol. The highest BCUT2D eigenvalue weighted by Gasteiger charge is 2.06. The molecular weight excluding hydrogens is 226 g/mol. The molecule has 0 atom stereocenters. The Bertz CT molecular complexity index is 366. The maximum absolute atomic E-state index is 11.8. The second-order valence-corrected chi connectivity index (χ2v) is 4.28. The highest BCUT2D eigenvalue weighted by molar-refractivity contribution is 5.93. The molecule has 1 heterocycles. The van der Waals surface area contributed by atoms with E-state index in [-0.39, 0.29) is 5.91 Å². The molecule has 0 aromatic carbocycles. The van der Waals surface area contributed by atoms with Gasteiger partial charge in [0.2, 0.25) is 0 Å². The first-order chi connectivity index (χ1) is 8.77. The van der Waals surface area contributed by atoms with Gasteiger partial charge in [0.1, 0.15) is 5.69 Å². The molecule has 0 aliphatic carbocycles. The molecule has 4 heteroatoms. The summed E-state index contributed by atoms with van der Waals surface area (Å²) in [5.74, 6) is -0.0914. The molecule has 0 spiro atoms. The van der Waals surface area contributed by atoms with Gasteiger partial charge in [-0.25, -0.2) is 0 Å². The number of carbonyl (C=O) groups is 1. The van der Waals surface area contributed by atoms with Crippen LogP contribution in [0.3, 0.4) is 0 Å². The lowest BCUT2D eigenvalue weighted by Crippen LogP contribution is -2.25. The van der Waals surface area contributed by atoms with Crippen molar-refractivity contribution in [2.45, 2.75) is 39.5 Å². The number of carbonyl (C=O) groups excluding carboxylic acids is 1. The minimum atomic E-state index is -0.0914. The van der Waals surface area contributed by atoms with Gasteiger partial charge in [0, 0.05) is 25.0 Å². The molecule has 0 saturated heterocycles. The highest BCUT2D eigenvalue weighted by Crippen LogP contribution is 2.07. The minimum Gasteiger partial charge on any atom is -0.385 e. The molecule has 0 bridgehead atoms. The second-order valence-electron chi connectivity index (χ2n) is 4.28. The summed E-state index contributed by atoms with van der Waals surface area (Å²) in [5, 5.41) is 6.06. The van der Waals surface area contributed by atoms with E-state index in [2.05, 4.69) is 22.5 Å². The minimum absolute atomic E-state index is 0.0914. The predicted molar refractivity (Wildman–Crippen MR) is 74.9 cm³/mol. The molecule has 0 aliphatic heterocycles. The number of rotatable bonds is 8. The maximum Gasteiger partial charge on any atom is 0.269 e. The predicted octanol–water partition coefficient (Wildman–Crippen LogP) is 2.82. The summed E-state index contributed by atoms with van der Waals surface area (Å²) in [6.07, 6.45) is 6.29. The van der Waals surface area contributed by atoms with E-state index in [1.54, 1.807) is 12.3 Å². The van der Waals surface area contributed by atoms with Gasteiger partial charge in [-0.3, -0.25) is 9.78 Å². The van der Waals surface area contributed by atoms with Crippen molar-refractivity contribution in [2.24, 2.45) is 0 Å². The average Bonchev–Trinajstić information content (AvgIpc) is 2.39. The summed E-state index contributed by atoms with van der Waals surface area (Å²) >= 11 is 0. The summed E-state index contributed by atoms with van der Waals surface area (Å²) in [6.45, 7) is 5.76. The third-order valence-corrected chi connectivity index (χ3v) is 2.69. The van der Waals surface area contributed by atoms with Crippen LogP contribution >= 0.6 is 0 Å². The molecule has 0 unspecified atom stereocenters. The number of unbranched alkanes of at least 4 members (excludes halogenated alkanes) is 3. The molecule has 0 fully saturated rings. The van der Waals surface area contributed by atoms with E-state index >= 15 is 0 Å². The number of hydrogen-bond acceptors (Lipinski definition) is 3. The monoisotopic (exact) mass is 249 g/mol. The van der Waals surface area contributed by atoms with Crippen molar-refractivity contribution in [2.75, 3.05) is 18.4 Å². The number of anilines is 1. The van der Waals surface area contributed by atoms with Crippen molar-refractivity contribution in [1.29, 1.82) is 0 Å². The Morgan fingerprint density at radius 2 is 2.11 bits per heavy atom. The van der Waals surface area contributed by atoms with Gasteiger partial charge in [-0.15, -0.1) is 0 Å². The Hall–Kier alpha value is -1.58. The summed E-state index contributed by atoms with van der Waals surface area (Å²) in [6, 6.07) is 3.65. The molecule has 0 aliphatic rings. The fraction of sp³-hybridized carbons (Fsp3) is 0.571. The molecule has 0 saturated carbocycles. The van der Waals surface area contributed by atoms with Crippen LogP contribution in [0.4, 0.5) is 5.69 Å². The molecule has 0 radical (unpaired) electrons. The van der Waals surface area contributed by atoms with Crippen LogP contribution in [0.2, 0.25) is 0 Å². The molecule has 100 valence electrons. The maximum atomic E-state index is 11.8. The van der Waals surface area contributed by atoms with Crippen LogP contribution in [0.1, 0.15) is 50.0 Å². The van der Waals surface area contributed by atoms with Gasteiger partial charge in [-0.2, -0.15) is 0 Å². The number of amides is 1. The van der Waals surface area contributed by atoms with Gasteiger partial charge >= 0.3 is 0 Å². The smallest absolute Gasteiger partial charge is 0.269 e. The zero-order valence-corrected chi connectivity index (χ0v) is 11.3. The third-order valence-electron chi connectivity index (χ3n) is 2.69. The Balaban J connectivity index is 2.38. The summed E-state index contributed by atoms with van der Waals surface area (Å²) < 4.78 is 0. The van der Waals surface area contributed by atoms with Gasteiger partial charge in [-0.05, 0) is 25.5 Å². The van der Waals surface area contributed by atoms with Gasteiger partial charge in [-0.1, -0.05) is 26.2 Å². The number of hydrogen-bond donors (Lipinski definition) is 2. The standard InChI is InChI=1S/C14H23N3O/c1-3-5-6-7-9-17-14(18)13-11-12(15-4-2)8-10-16-13/h8,10-11H,3-7,9H2,1-2H3,(H,15,16)(H,17,18). The molecule has 18 heavy (non-hydrogen) atoms. The van der Waals surface area contributed by atoms with E-state index in [0.29, 0.717) is 5.69 Å². The number of aromatic nitrogens is 1. The largest absolute Gasteiger partial charge is 0.385 e.